The van der Waals surface area contributed by atoms with Gasteiger partial charge in [-0.3, -0.25) is 14.4 Å². The van der Waals surface area contributed by atoms with Crippen LogP contribution in [0, 0.1) is 37.5 Å². The van der Waals surface area contributed by atoms with Crippen molar-refractivity contribution in [1.29, 1.82) is 0 Å². The van der Waals surface area contributed by atoms with Crippen LogP contribution in [0.3, 0.4) is 0 Å². The van der Waals surface area contributed by atoms with E-state index < -0.39 is 33.4 Å². The topological polar surface area (TPSA) is 56.7 Å². The molecule has 0 unspecified atom stereocenters. The Morgan fingerprint density at radius 2 is 1.26 bits per heavy atom. The molecule has 8 aromatic carbocycles. The molecule has 4 heterocycles. The number of rotatable bonds is 8. The summed E-state index contributed by atoms with van der Waals surface area (Å²) in [6, 6.07) is 64.2. The largest absolute Gasteiger partial charge is 0.499 e. The third-order valence-electron chi connectivity index (χ3n) is 12.7. The minimum absolute atomic E-state index is 0. The molecule has 359 valence electrons. The standard InChI is InChI=1S/C43H27FN3O.C21H21FNSi.Ir/c1-27-18-20-30(21-19-27)38-25-35-33-14-8-15-34(42(33)48-40(35)26-45-38)43-46-37-17-9-16-36(44)41(37)47(43)39-24-31(28-10-4-2-5-11-28)22-23-32(39)29-12-6-3-7-13-29;1-15-12-20(23-14-21(15)24(2,3)4)18-11-10-17(13-19(18)22)16-8-6-5-7-9-16;/h2-14,16-26H,1H3;5-10,12-14H,1-4H3;/q2*-1;/i2*1D3;. The van der Waals surface area contributed by atoms with Gasteiger partial charge in [-0.15, -0.1) is 36.4 Å². The number of aryl methyl sites for hydroxylation is 2. The summed E-state index contributed by atoms with van der Waals surface area (Å²) >= 11 is 0. The normalized spacial score (nSPS) is 12.9. The van der Waals surface area contributed by atoms with Crippen LogP contribution in [0.1, 0.15) is 19.4 Å². The monoisotopic (exact) mass is 1150 g/mol. The molecule has 0 fully saturated rings. The maximum atomic E-state index is 16.1. The van der Waals surface area contributed by atoms with Crippen molar-refractivity contribution in [2.24, 2.45) is 0 Å². The molecule has 1 radical (unpaired) electrons. The summed E-state index contributed by atoms with van der Waals surface area (Å²) < 4.78 is 86.0. The van der Waals surface area contributed by atoms with E-state index in [0.29, 0.717) is 50.5 Å². The predicted molar refractivity (Wildman–Crippen MR) is 293 cm³/mol. The Balaban J connectivity index is 0.000000213. The maximum Gasteiger partial charge on any atom is 0.148 e. The van der Waals surface area contributed by atoms with Gasteiger partial charge in [0.25, 0.3) is 0 Å². The molecule has 0 saturated heterocycles. The van der Waals surface area contributed by atoms with Crippen molar-refractivity contribution in [3.05, 3.63) is 235 Å². The van der Waals surface area contributed by atoms with E-state index in [1.165, 1.54) is 18.2 Å². The first kappa shape index (κ1) is 41.7. The molecule has 4 aromatic heterocycles. The number of hydrogen-bond donors (Lipinski definition) is 0. The number of benzene rings is 8. The summed E-state index contributed by atoms with van der Waals surface area (Å²) in [5, 5.41) is 2.42. The summed E-state index contributed by atoms with van der Waals surface area (Å²) in [5.74, 6) is -0.387. The Bertz CT molecular complexity index is 4190. The summed E-state index contributed by atoms with van der Waals surface area (Å²) in [6.07, 6.45) is 3.27. The zero-order valence-corrected chi connectivity index (χ0v) is 43.2. The minimum Gasteiger partial charge on any atom is -0.499 e. The van der Waals surface area contributed by atoms with E-state index in [0.717, 1.165) is 55.0 Å². The molecule has 0 saturated carbocycles. The van der Waals surface area contributed by atoms with Gasteiger partial charge in [0.05, 0.1) is 42.4 Å². The minimum atomic E-state index is -2.27. The van der Waals surface area contributed by atoms with Gasteiger partial charge in [-0.25, -0.2) is 4.39 Å². The Kier molecular flexibility index (Phi) is 11.6. The molecule has 0 aliphatic carbocycles. The maximum absolute atomic E-state index is 16.1. The number of hydrogen-bond acceptors (Lipinski definition) is 4. The van der Waals surface area contributed by atoms with E-state index in [9.17, 15) is 4.39 Å². The summed E-state index contributed by atoms with van der Waals surface area (Å²) in [6.45, 7) is 1.75. The van der Waals surface area contributed by atoms with Gasteiger partial charge < -0.3 is 14.0 Å². The average molecular weight is 1150 g/mol. The van der Waals surface area contributed by atoms with Crippen LogP contribution >= 0.6 is 0 Å². The van der Waals surface area contributed by atoms with Crippen LogP contribution in [-0.4, -0.2) is 27.6 Å². The van der Waals surface area contributed by atoms with Gasteiger partial charge >= 0.3 is 0 Å². The second kappa shape index (κ2) is 20.3. The van der Waals surface area contributed by atoms with Gasteiger partial charge in [-0.1, -0.05) is 198 Å². The molecule has 0 N–H and O–H groups in total. The predicted octanol–water partition coefficient (Wildman–Crippen LogP) is 16.4. The Morgan fingerprint density at radius 1 is 0.575 bits per heavy atom. The number of imidazole rings is 1. The zero-order chi connectivity index (χ0) is 54.5. The van der Waals surface area contributed by atoms with Gasteiger partial charge in [0, 0.05) is 62.5 Å². The third kappa shape index (κ3) is 9.63. The van der Waals surface area contributed by atoms with Crippen molar-refractivity contribution < 1.29 is 41.5 Å². The fraction of sp³-hybridized carbons (Fsp3) is 0.0781. The molecule has 5 nitrogen and oxygen atoms in total. The number of aromatic nitrogens is 4. The molecule has 0 spiro atoms. The molecular formula is C64H48F2IrN4OSi-2. The first-order valence-electron chi connectivity index (χ1n) is 26.5. The number of furan rings is 1. The number of pyridine rings is 2. The molecule has 0 bridgehead atoms. The third-order valence-corrected chi connectivity index (χ3v) is 14.8. The second-order valence-corrected chi connectivity index (χ2v) is 23.6. The SMILES string of the molecule is [2H]C([2H])([2H])c1cc(-c2[c-]cc(-c3ccccc3)cc2F)ncc1[Si](C)(C)C.[2H]C([2H])([2H])c1ccc(-c2cc3c(cn2)oc2c(-c4nc5cccc(F)c5n4-c4cc(-c5ccccc5)ccc4-c4ccccc4)[c-]ccc23)cc1.[Ir]. The second-order valence-electron chi connectivity index (χ2n) is 18.5. The Hall–Kier alpha value is -7.94. The van der Waals surface area contributed by atoms with Crippen molar-refractivity contribution in [2.45, 2.75) is 33.3 Å². The molecule has 0 atom stereocenters. The van der Waals surface area contributed by atoms with Crippen LogP contribution in [0.25, 0.3) is 106 Å². The van der Waals surface area contributed by atoms with Gasteiger partial charge in [0.1, 0.15) is 11.4 Å². The van der Waals surface area contributed by atoms with Gasteiger partial charge in [-0.05, 0) is 65.5 Å². The molecule has 0 aliphatic rings. The molecule has 0 aliphatic heterocycles. The van der Waals surface area contributed by atoms with E-state index >= 15 is 4.39 Å². The molecule has 73 heavy (non-hydrogen) atoms. The van der Waals surface area contributed by atoms with Gasteiger partial charge in [0.15, 0.2) is 0 Å². The number of fused-ring (bicyclic) bond motifs is 4. The van der Waals surface area contributed by atoms with E-state index in [2.05, 4.69) is 72.1 Å². The average Bonchev–Trinajstić information content (AvgIpc) is 4.28. The number of halogens is 2. The Labute approximate surface area is 446 Å². The molecule has 12 rings (SSSR count). The Morgan fingerprint density at radius 3 is 1.95 bits per heavy atom. The van der Waals surface area contributed by atoms with Crippen LogP contribution in [0.5, 0.6) is 0 Å². The van der Waals surface area contributed by atoms with Crippen molar-refractivity contribution in [3.63, 3.8) is 0 Å². The van der Waals surface area contributed by atoms with Crippen LogP contribution in [0.15, 0.2) is 205 Å². The fourth-order valence-corrected chi connectivity index (χ4v) is 10.5. The van der Waals surface area contributed by atoms with Crippen LogP contribution in [-0.2, 0) is 20.1 Å². The summed E-state index contributed by atoms with van der Waals surface area (Å²) in [5.41, 5.74) is 11.3. The van der Waals surface area contributed by atoms with Crippen molar-refractivity contribution in [1.82, 2.24) is 19.5 Å². The van der Waals surface area contributed by atoms with E-state index in [1.807, 2.05) is 108 Å². The number of para-hydroxylation sites is 1. The first-order valence-corrected chi connectivity index (χ1v) is 27.0. The van der Waals surface area contributed by atoms with Crippen LogP contribution in [0.4, 0.5) is 8.78 Å². The first-order chi connectivity index (χ1) is 37.4. The zero-order valence-electron chi connectivity index (χ0n) is 45.8. The van der Waals surface area contributed by atoms with Crippen molar-refractivity contribution in [3.8, 4) is 73.0 Å². The van der Waals surface area contributed by atoms with Crippen molar-refractivity contribution in [2.75, 3.05) is 0 Å². The smallest absolute Gasteiger partial charge is 0.148 e. The van der Waals surface area contributed by atoms with Crippen LogP contribution in [0.2, 0.25) is 19.6 Å². The number of nitrogens with zero attached hydrogens (tertiary/aromatic N) is 4. The van der Waals surface area contributed by atoms with Gasteiger partial charge in [0.2, 0.25) is 0 Å². The molecule has 9 heteroatoms. The molecule has 12 aromatic rings. The van der Waals surface area contributed by atoms with E-state index in [4.69, 9.17) is 17.6 Å². The fourth-order valence-electron chi connectivity index (χ4n) is 9.14. The molecular weight excluding hydrogens is 1100 g/mol. The van der Waals surface area contributed by atoms with Crippen molar-refractivity contribution >= 4 is 46.2 Å². The summed E-state index contributed by atoms with van der Waals surface area (Å²) in [4.78, 5) is 14.1. The summed E-state index contributed by atoms with van der Waals surface area (Å²) in [7, 11) is -1.90. The van der Waals surface area contributed by atoms with E-state index in [1.54, 1.807) is 48.8 Å². The quantitative estimate of drug-likeness (QED) is 0.112. The molecule has 0 amide bonds. The van der Waals surface area contributed by atoms with Gasteiger partial charge in [-0.2, -0.15) is 0 Å². The van der Waals surface area contributed by atoms with Crippen LogP contribution < -0.4 is 5.19 Å². The van der Waals surface area contributed by atoms with E-state index in [-0.39, 0.29) is 36.8 Å².